The summed E-state index contributed by atoms with van der Waals surface area (Å²) >= 11 is 0.792. The summed E-state index contributed by atoms with van der Waals surface area (Å²) in [5.41, 5.74) is 0.697. The first-order valence-corrected chi connectivity index (χ1v) is 11.3. The Morgan fingerprint density at radius 2 is 1.84 bits per heavy atom. The number of carboxylic acid groups (broad SMARTS) is 1. The number of carbonyl (C=O) groups excluding carboxylic acids is 1. The van der Waals surface area contributed by atoms with Gasteiger partial charge < -0.3 is 15.2 Å². The fourth-order valence-corrected chi connectivity index (χ4v) is 5.24. The molecule has 0 unspecified atom stereocenters. The number of anilines is 1. The zero-order chi connectivity index (χ0) is 23.2. The van der Waals surface area contributed by atoms with Crippen LogP contribution in [0.25, 0.3) is 0 Å². The number of rotatable bonds is 5. The van der Waals surface area contributed by atoms with Crippen molar-refractivity contribution >= 4 is 34.1 Å². The lowest BCUT2D eigenvalue weighted by molar-refractivity contribution is -0.138. The van der Waals surface area contributed by atoms with Crippen molar-refractivity contribution in [1.82, 2.24) is 0 Å². The van der Waals surface area contributed by atoms with E-state index in [-0.39, 0.29) is 57.9 Å². The molecule has 4 rings (SSSR count). The molecule has 0 saturated heterocycles. The monoisotopic (exact) mass is 468 g/mol. The number of carboxylic acids is 1. The Labute approximate surface area is 186 Å². The molecule has 0 aromatic carbocycles. The number of hydrogen-bond donors (Lipinski definition) is 2. The van der Waals surface area contributed by atoms with Gasteiger partial charge in [-0.15, -0.1) is 11.3 Å². The van der Waals surface area contributed by atoms with Gasteiger partial charge >= 0.3 is 12.1 Å². The Balaban J connectivity index is 1.80. The number of allylic oxidation sites excluding steroid dienone is 1. The van der Waals surface area contributed by atoms with Crippen molar-refractivity contribution in [2.75, 3.05) is 11.9 Å². The van der Waals surface area contributed by atoms with Crippen LogP contribution in [0.15, 0.2) is 27.4 Å². The Morgan fingerprint density at radius 1 is 1.16 bits per heavy atom. The summed E-state index contributed by atoms with van der Waals surface area (Å²) in [6.45, 7) is 3.44. The van der Waals surface area contributed by atoms with E-state index in [9.17, 15) is 27.9 Å². The molecule has 1 fully saturated rings. The predicted molar refractivity (Wildman–Crippen MR) is 114 cm³/mol. The predicted octanol–water partition coefficient (Wildman–Crippen LogP) is 5.43. The average molecular weight is 468 g/mol. The minimum absolute atomic E-state index is 0.00556. The van der Waals surface area contributed by atoms with E-state index < -0.39 is 23.6 Å². The van der Waals surface area contributed by atoms with E-state index in [4.69, 9.17) is 4.74 Å². The van der Waals surface area contributed by atoms with Crippen LogP contribution in [0.4, 0.5) is 18.2 Å². The van der Waals surface area contributed by atoms with Crippen LogP contribution in [0, 0.1) is 12.8 Å². The number of ether oxygens (including phenoxy) is 1. The molecule has 2 N–H and O–H groups in total. The van der Waals surface area contributed by atoms with Crippen LogP contribution < -0.4 is 5.32 Å². The molecule has 32 heavy (non-hydrogen) atoms. The van der Waals surface area contributed by atoms with Crippen LogP contribution in [0.2, 0.25) is 0 Å². The van der Waals surface area contributed by atoms with Gasteiger partial charge in [0.15, 0.2) is 0 Å². The van der Waals surface area contributed by atoms with E-state index in [0.717, 1.165) is 35.4 Å². The fraction of sp³-hybridized carbons (Fsp3) is 0.500. The third-order valence-electron chi connectivity index (χ3n) is 5.90. The quantitative estimate of drug-likeness (QED) is 0.603. The highest BCUT2D eigenvalue weighted by atomic mass is 32.1. The highest BCUT2D eigenvalue weighted by Crippen LogP contribution is 2.46. The number of nitrogens with one attached hydrogen (secondary N) is 1. The second-order valence-corrected chi connectivity index (χ2v) is 9.49. The topological polar surface area (TPSA) is 88.0 Å². The fourth-order valence-electron chi connectivity index (χ4n) is 4.18. The summed E-state index contributed by atoms with van der Waals surface area (Å²) in [4.78, 5) is 28.7. The van der Waals surface area contributed by atoms with Gasteiger partial charge in [-0.2, -0.15) is 13.2 Å². The Kier molecular flexibility index (Phi) is 5.91. The standard InChI is InChI=1S/C22H23F3N2O4S/c1-10-8-9-31-19(26-17(10)12-6-7-12)15-16(22(23,24)25)11(2)32-20(15)27-18(28)13-4-3-5-14(13)21(29)30/h12H,3-9H2,1-2H3,(H,27,28)(H,29,30). The van der Waals surface area contributed by atoms with E-state index >= 15 is 0 Å². The summed E-state index contributed by atoms with van der Waals surface area (Å²) in [5, 5.41) is 11.8. The van der Waals surface area contributed by atoms with Crippen LogP contribution >= 0.6 is 11.3 Å². The average Bonchev–Trinajstić information content (AvgIpc) is 3.34. The number of halogens is 3. The smallest absolute Gasteiger partial charge is 0.418 e. The molecule has 1 aromatic rings. The molecule has 0 spiro atoms. The van der Waals surface area contributed by atoms with Gasteiger partial charge in [-0.1, -0.05) is 0 Å². The molecular weight excluding hydrogens is 445 g/mol. The van der Waals surface area contributed by atoms with E-state index in [1.165, 1.54) is 6.92 Å². The van der Waals surface area contributed by atoms with E-state index in [2.05, 4.69) is 10.3 Å². The summed E-state index contributed by atoms with van der Waals surface area (Å²) < 4.78 is 47.7. The third kappa shape index (κ3) is 4.32. The molecule has 2 heterocycles. The highest BCUT2D eigenvalue weighted by molar-refractivity contribution is 7.16. The molecule has 1 aromatic heterocycles. The maximum atomic E-state index is 14.0. The first-order valence-electron chi connectivity index (χ1n) is 10.5. The summed E-state index contributed by atoms with van der Waals surface area (Å²) in [7, 11) is 0. The Bertz CT molecular complexity index is 1080. The molecular formula is C22H23F3N2O4S. The van der Waals surface area contributed by atoms with Crippen molar-refractivity contribution < 1.29 is 32.6 Å². The van der Waals surface area contributed by atoms with Gasteiger partial charge in [0.05, 0.1) is 17.7 Å². The van der Waals surface area contributed by atoms with E-state index in [0.29, 0.717) is 12.8 Å². The van der Waals surface area contributed by atoms with Crippen molar-refractivity contribution in [3.8, 4) is 0 Å². The first-order chi connectivity index (χ1) is 15.1. The number of alkyl halides is 3. The maximum absolute atomic E-state index is 14.0. The largest absolute Gasteiger partial charge is 0.478 e. The van der Waals surface area contributed by atoms with Crippen LogP contribution in [0.1, 0.15) is 61.5 Å². The number of thiophene rings is 1. The van der Waals surface area contributed by atoms with Crippen molar-refractivity contribution in [3.63, 3.8) is 0 Å². The van der Waals surface area contributed by atoms with Gasteiger partial charge in [-0.25, -0.2) is 9.79 Å². The lowest BCUT2D eigenvalue weighted by atomic mass is 10.1. The van der Waals surface area contributed by atoms with Gasteiger partial charge in [-0.3, -0.25) is 4.79 Å². The van der Waals surface area contributed by atoms with E-state index in [1.54, 1.807) is 0 Å². The summed E-state index contributed by atoms with van der Waals surface area (Å²) in [5.74, 6) is -1.80. The molecule has 1 aliphatic heterocycles. The maximum Gasteiger partial charge on any atom is 0.418 e. The summed E-state index contributed by atoms with van der Waals surface area (Å²) in [6, 6.07) is 0. The molecule has 172 valence electrons. The van der Waals surface area contributed by atoms with Crippen molar-refractivity contribution in [2.24, 2.45) is 10.9 Å². The van der Waals surface area contributed by atoms with Crippen LogP contribution in [-0.4, -0.2) is 29.5 Å². The number of amides is 1. The second kappa shape index (κ2) is 8.38. The number of hydrogen-bond acceptors (Lipinski definition) is 5. The number of nitrogens with zero attached hydrogens (tertiary/aromatic N) is 1. The van der Waals surface area contributed by atoms with Gasteiger partial charge in [-0.05, 0) is 51.5 Å². The molecule has 0 bridgehead atoms. The number of aryl methyl sites for hydroxylation is 1. The van der Waals surface area contributed by atoms with Crippen LogP contribution in [0.5, 0.6) is 0 Å². The number of aliphatic imine (C=N–C) groups is 1. The SMILES string of the molecule is CC1=C(C2CC2)N=C(c2c(NC(=O)C3=C(C(=O)O)CCC3)sc(C)c2C(F)(F)F)OCC1. The third-order valence-corrected chi connectivity index (χ3v) is 6.92. The molecule has 3 aliphatic rings. The number of carbonyl (C=O) groups is 2. The van der Waals surface area contributed by atoms with Crippen molar-refractivity contribution in [1.29, 1.82) is 0 Å². The van der Waals surface area contributed by atoms with Gasteiger partial charge in [0, 0.05) is 34.1 Å². The first kappa shape index (κ1) is 22.6. The zero-order valence-electron chi connectivity index (χ0n) is 17.7. The highest BCUT2D eigenvalue weighted by Gasteiger charge is 2.42. The van der Waals surface area contributed by atoms with Crippen molar-refractivity contribution in [3.05, 3.63) is 38.4 Å². The normalized spacial score (nSPS) is 19.6. The van der Waals surface area contributed by atoms with Crippen LogP contribution in [0.3, 0.4) is 0 Å². The molecule has 0 radical (unpaired) electrons. The molecule has 1 amide bonds. The lowest BCUT2D eigenvalue weighted by Crippen LogP contribution is -2.20. The molecule has 6 nitrogen and oxygen atoms in total. The lowest BCUT2D eigenvalue weighted by Gasteiger charge is -2.14. The second-order valence-electron chi connectivity index (χ2n) is 8.26. The van der Waals surface area contributed by atoms with Gasteiger partial charge in [0.2, 0.25) is 5.90 Å². The molecule has 0 atom stereocenters. The van der Waals surface area contributed by atoms with Crippen molar-refractivity contribution in [2.45, 2.75) is 58.5 Å². The minimum atomic E-state index is -4.67. The molecule has 10 heteroatoms. The van der Waals surface area contributed by atoms with Gasteiger partial charge in [0.25, 0.3) is 5.91 Å². The Hall–Kier alpha value is -2.62. The molecule has 1 saturated carbocycles. The Morgan fingerprint density at radius 3 is 2.47 bits per heavy atom. The summed E-state index contributed by atoms with van der Waals surface area (Å²) in [6.07, 6.45) is -1.19. The number of aliphatic carboxylic acids is 1. The zero-order valence-corrected chi connectivity index (χ0v) is 18.5. The van der Waals surface area contributed by atoms with Crippen LogP contribution in [-0.2, 0) is 20.5 Å². The van der Waals surface area contributed by atoms with E-state index in [1.807, 2.05) is 6.92 Å². The minimum Gasteiger partial charge on any atom is -0.478 e. The van der Waals surface area contributed by atoms with Gasteiger partial charge in [0.1, 0.15) is 5.00 Å². The molecule has 2 aliphatic carbocycles.